The van der Waals surface area contributed by atoms with Crippen LogP contribution in [0.4, 0.5) is 0 Å². The molecule has 1 aromatic carbocycles. The average molecular weight is 313 g/mol. The number of benzene rings is 1. The van der Waals surface area contributed by atoms with Crippen molar-refractivity contribution in [3.05, 3.63) is 46.4 Å². The zero-order chi connectivity index (χ0) is 13.9. The second-order valence-corrected chi connectivity index (χ2v) is 6.86. The molecule has 19 heavy (non-hydrogen) atoms. The van der Waals surface area contributed by atoms with E-state index in [1.54, 1.807) is 23.8 Å². The highest BCUT2D eigenvalue weighted by molar-refractivity contribution is 7.89. The van der Waals surface area contributed by atoms with Gasteiger partial charge in [0.1, 0.15) is 4.99 Å². The number of nitrogens with zero attached hydrogens (tertiary/aromatic N) is 1. The van der Waals surface area contributed by atoms with Crippen molar-refractivity contribution < 1.29 is 8.42 Å². The molecule has 0 unspecified atom stereocenters. The molecule has 0 amide bonds. The van der Waals surface area contributed by atoms with Crippen LogP contribution in [-0.2, 0) is 16.6 Å². The molecule has 2 aromatic rings. The molecule has 0 saturated carbocycles. The largest absolute Gasteiger partial charge is 0.389 e. The van der Waals surface area contributed by atoms with Crippen LogP contribution in [0.5, 0.6) is 0 Å². The summed E-state index contributed by atoms with van der Waals surface area (Å²) in [6.07, 6.45) is 1.63. The topological polar surface area (TPSA) is 85.1 Å². The second-order valence-electron chi connectivity index (χ2n) is 3.68. The van der Waals surface area contributed by atoms with E-state index in [0.717, 1.165) is 4.88 Å². The first-order valence-electron chi connectivity index (χ1n) is 5.26. The maximum absolute atomic E-state index is 12.0. The lowest BCUT2D eigenvalue weighted by Gasteiger charge is -2.06. The summed E-state index contributed by atoms with van der Waals surface area (Å²) in [5.41, 5.74) is 7.75. The summed E-state index contributed by atoms with van der Waals surface area (Å²) in [5.74, 6) is 0. The first kappa shape index (κ1) is 14.1. The van der Waals surface area contributed by atoms with Gasteiger partial charge in [-0.25, -0.2) is 13.1 Å². The fourth-order valence-electron chi connectivity index (χ4n) is 1.38. The Morgan fingerprint density at radius 2 is 2.05 bits per heavy atom. The molecule has 8 heteroatoms. The van der Waals surface area contributed by atoms with Gasteiger partial charge in [0, 0.05) is 23.2 Å². The molecule has 0 bridgehead atoms. The summed E-state index contributed by atoms with van der Waals surface area (Å²) in [7, 11) is -3.53. The van der Waals surface area contributed by atoms with Gasteiger partial charge in [-0.1, -0.05) is 24.4 Å². The predicted molar refractivity (Wildman–Crippen MR) is 78.5 cm³/mol. The van der Waals surface area contributed by atoms with Crippen molar-refractivity contribution in [3.8, 4) is 0 Å². The number of hydrogen-bond acceptors (Lipinski definition) is 5. The van der Waals surface area contributed by atoms with Crippen LogP contribution in [0.1, 0.15) is 10.4 Å². The molecule has 5 nitrogen and oxygen atoms in total. The number of thiazole rings is 1. The highest BCUT2D eigenvalue weighted by Crippen LogP contribution is 2.12. The van der Waals surface area contributed by atoms with Gasteiger partial charge >= 0.3 is 0 Å². The molecule has 0 aliphatic heterocycles. The third kappa shape index (κ3) is 3.57. The van der Waals surface area contributed by atoms with Gasteiger partial charge < -0.3 is 5.73 Å². The van der Waals surface area contributed by atoms with Crippen molar-refractivity contribution in [1.82, 2.24) is 9.71 Å². The van der Waals surface area contributed by atoms with Gasteiger partial charge in [-0.3, -0.25) is 4.98 Å². The van der Waals surface area contributed by atoms with Crippen LogP contribution in [-0.4, -0.2) is 18.4 Å². The standard InChI is InChI=1S/C11H11N3O2S3/c12-11(17)8-1-3-10(4-2-8)19(15,16)14-6-9-5-13-7-18-9/h1-5,7,14H,6H2,(H2,12,17). The molecule has 0 aliphatic carbocycles. The van der Waals surface area contributed by atoms with E-state index in [-0.39, 0.29) is 16.4 Å². The van der Waals surface area contributed by atoms with Crippen molar-refractivity contribution in [1.29, 1.82) is 0 Å². The second kappa shape index (κ2) is 5.74. The van der Waals surface area contributed by atoms with E-state index in [1.807, 2.05) is 0 Å². The normalized spacial score (nSPS) is 11.4. The summed E-state index contributed by atoms with van der Waals surface area (Å²) in [6, 6.07) is 6.13. The Bertz CT molecular complexity index is 664. The zero-order valence-corrected chi connectivity index (χ0v) is 12.2. The van der Waals surface area contributed by atoms with E-state index in [4.69, 9.17) is 18.0 Å². The third-order valence-electron chi connectivity index (χ3n) is 2.37. The van der Waals surface area contributed by atoms with Crippen LogP contribution >= 0.6 is 23.6 Å². The van der Waals surface area contributed by atoms with Gasteiger partial charge in [-0.15, -0.1) is 11.3 Å². The zero-order valence-electron chi connectivity index (χ0n) is 9.74. The summed E-state index contributed by atoms with van der Waals surface area (Å²) < 4.78 is 26.5. The molecule has 100 valence electrons. The SMILES string of the molecule is NC(=S)c1ccc(S(=O)(=O)NCc2cncs2)cc1. The molecule has 0 saturated heterocycles. The number of hydrogen-bond donors (Lipinski definition) is 2. The van der Waals surface area contributed by atoms with Gasteiger partial charge in [0.15, 0.2) is 0 Å². The summed E-state index contributed by atoms with van der Waals surface area (Å²) in [4.78, 5) is 5.15. The highest BCUT2D eigenvalue weighted by Gasteiger charge is 2.14. The van der Waals surface area contributed by atoms with Crippen molar-refractivity contribution in [2.75, 3.05) is 0 Å². The number of nitrogens with one attached hydrogen (secondary N) is 1. The van der Waals surface area contributed by atoms with Crippen molar-refractivity contribution >= 4 is 38.6 Å². The van der Waals surface area contributed by atoms with Crippen LogP contribution in [0.3, 0.4) is 0 Å². The molecule has 0 radical (unpaired) electrons. The Morgan fingerprint density at radius 1 is 1.37 bits per heavy atom. The molecule has 1 aromatic heterocycles. The molecule has 0 spiro atoms. The van der Waals surface area contributed by atoms with Crippen molar-refractivity contribution in [2.45, 2.75) is 11.4 Å². The minimum atomic E-state index is -3.53. The number of sulfonamides is 1. The molecule has 0 atom stereocenters. The average Bonchev–Trinajstić information content (AvgIpc) is 2.90. The molecular weight excluding hydrogens is 302 g/mol. The van der Waals surface area contributed by atoms with Crippen molar-refractivity contribution in [2.24, 2.45) is 5.73 Å². The fraction of sp³-hybridized carbons (Fsp3) is 0.0909. The van der Waals surface area contributed by atoms with E-state index < -0.39 is 10.0 Å². The Balaban J connectivity index is 2.13. The monoisotopic (exact) mass is 313 g/mol. The Kier molecular flexibility index (Phi) is 4.25. The Morgan fingerprint density at radius 3 is 2.58 bits per heavy atom. The Labute approximate surface area is 120 Å². The summed E-state index contributed by atoms with van der Waals surface area (Å²) in [6.45, 7) is 0.226. The lowest BCUT2D eigenvalue weighted by molar-refractivity contribution is 0.582. The van der Waals surface area contributed by atoms with Crippen LogP contribution in [0.2, 0.25) is 0 Å². The number of nitrogens with two attached hydrogens (primary N) is 1. The van der Waals surface area contributed by atoms with Crippen LogP contribution in [0, 0.1) is 0 Å². The maximum Gasteiger partial charge on any atom is 0.240 e. The van der Waals surface area contributed by atoms with Crippen LogP contribution < -0.4 is 10.5 Å². The van der Waals surface area contributed by atoms with Gasteiger partial charge in [-0.2, -0.15) is 0 Å². The minimum Gasteiger partial charge on any atom is -0.389 e. The summed E-state index contributed by atoms with van der Waals surface area (Å²) in [5, 5.41) is 0. The Hall–Kier alpha value is -1.35. The summed E-state index contributed by atoms with van der Waals surface area (Å²) >= 11 is 6.20. The molecule has 0 fully saturated rings. The van der Waals surface area contributed by atoms with E-state index in [1.165, 1.54) is 23.5 Å². The van der Waals surface area contributed by atoms with Gasteiger partial charge in [0.2, 0.25) is 10.0 Å². The number of thiocarbonyl (C=S) groups is 1. The lowest BCUT2D eigenvalue weighted by atomic mass is 10.2. The predicted octanol–water partition coefficient (Wildman–Crippen LogP) is 1.26. The highest BCUT2D eigenvalue weighted by atomic mass is 32.2. The first-order valence-corrected chi connectivity index (χ1v) is 8.03. The quantitative estimate of drug-likeness (QED) is 0.812. The molecule has 3 N–H and O–H groups in total. The van der Waals surface area contributed by atoms with E-state index in [2.05, 4.69) is 9.71 Å². The van der Waals surface area contributed by atoms with E-state index in [0.29, 0.717) is 5.56 Å². The van der Waals surface area contributed by atoms with Gasteiger partial charge in [0.25, 0.3) is 0 Å². The molecule has 2 rings (SSSR count). The fourth-order valence-corrected chi connectivity index (χ4v) is 3.15. The molecule has 0 aliphatic rings. The third-order valence-corrected chi connectivity index (χ3v) is 4.80. The molecular formula is C11H11N3O2S3. The van der Waals surface area contributed by atoms with Gasteiger partial charge in [0.05, 0.1) is 10.4 Å². The van der Waals surface area contributed by atoms with Crippen molar-refractivity contribution in [3.63, 3.8) is 0 Å². The van der Waals surface area contributed by atoms with E-state index in [9.17, 15) is 8.42 Å². The van der Waals surface area contributed by atoms with Crippen LogP contribution in [0.25, 0.3) is 0 Å². The number of aromatic nitrogens is 1. The number of rotatable bonds is 5. The van der Waals surface area contributed by atoms with Gasteiger partial charge in [-0.05, 0) is 12.1 Å². The smallest absolute Gasteiger partial charge is 0.240 e. The molecule has 1 heterocycles. The first-order chi connectivity index (χ1) is 8.99. The van der Waals surface area contributed by atoms with E-state index >= 15 is 0 Å². The maximum atomic E-state index is 12.0. The lowest BCUT2D eigenvalue weighted by Crippen LogP contribution is -2.23. The van der Waals surface area contributed by atoms with Crippen LogP contribution in [0.15, 0.2) is 40.9 Å². The minimum absolute atomic E-state index is 0.178.